The summed E-state index contributed by atoms with van der Waals surface area (Å²) in [5, 5.41) is 9.38. The van der Waals surface area contributed by atoms with Gasteiger partial charge in [-0.15, -0.1) is 0 Å². The molecule has 11 nitrogen and oxygen atoms in total. The Morgan fingerprint density at radius 2 is 1.65 bits per heavy atom. The number of halogens is 1. The zero-order valence-corrected chi connectivity index (χ0v) is 30.4. The Labute approximate surface area is 284 Å². The molecule has 4 aliphatic rings. The summed E-state index contributed by atoms with van der Waals surface area (Å²) >= 11 is 0.296. The Bertz CT molecular complexity index is 1190. The predicted molar refractivity (Wildman–Crippen MR) is 169 cm³/mol. The first-order valence-corrected chi connectivity index (χ1v) is 19.0. The summed E-state index contributed by atoms with van der Waals surface area (Å²) in [6.45, 7) is 11.7. The maximum atomic E-state index is 12.7. The van der Waals surface area contributed by atoms with E-state index in [-0.39, 0.29) is 5.91 Å². The molecule has 1 saturated heterocycles. The van der Waals surface area contributed by atoms with Crippen molar-refractivity contribution in [2.24, 2.45) is 23.7 Å². The third-order valence-corrected chi connectivity index (χ3v) is 14.5. The van der Waals surface area contributed by atoms with Crippen molar-refractivity contribution in [2.45, 2.75) is 78.9 Å². The van der Waals surface area contributed by atoms with Crippen LogP contribution in [0.5, 0.6) is 17.2 Å². The first-order valence-electron chi connectivity index (χ1n) is 16.7. The second kappa shape index (κ2) is 15.5. The first kappa shape index (κ1) is 35.3. The third-order valence-electron chi connectivity index (χ3n) is 9.33. The highest BCUT2D eigenvalue weighted by Crippen LogP contribution is 2.69. The van der Waals surface area contributed by atoms with Crippen LogP contribution in [0, 0.1) is 23.7 Å². The number of rotatable bonds is 20. The van der Waals surface area contributed by atoms with Gasteiger partial charge in [-0.1, -0.05) is 6.92 Å². The second-order valence-corrected chi connectivity index (χ2v) is 17.7. The maximum absolute atomic E-state index is 12.7. The zero-order chi connectivity index (χ0) is 32.9. The van der Waals surface area contributed by atoms with Gasteiger partial charge in [-0.05, 0) is 51.9 Å². The molecule has 1 aromatic rings. The Kier molecular flexibility index (Phi) is 11.9. The molecule has 2 amide bonds. The molecular weight excluding hydrogens is 705 g/mol. The van der Waals surface area contributed by atoms with Crippen LogP contribution in [0.4, 0.5) is 4.79 Å². The van der Waals surface area contributed by atoms with Gasteiger partial charge in [0.2, 0.25) is 13.3 Å². The monoisotopic (exact) mass is 758 g/mol. The molecule has 46 heavy (non-hydrogen) atoms. The summed E-state index contributed by atoms with van der Waals surface area (Å²) in [4.78, 5) is 24.3. The van der Waals surface area contributed by atoms with Crippen molar-refractivity contribution in [3.8, 4) is 17.2 Å². The Hall–Kier alpha value is -2.03. The summed E-state index contributed by atoms with van der Waals surface area (Å²) in [6.07, 6.45) is 3.37. The number of amides is 2. The molecule has 0 aromatic heterocycles. The van der Waals surface area contributed by atoms with Crippen LogP contribution in [0.15, 0.2) is 12.1 Å². The van der Waals surface area contributed by atoms with E-state index >= 15 is 0 Å². The van der Waals surface area contributed by atoms with Crippen LogP contribution in [0.25, 0.3) is 0 Å². The fourth-order valence-electron chi connectivity index (χ4n) is 7.04. The molecule has 5 rings (SSSR count). The number of hydrogen-bond donors (Lipinski definition) is 3. The van der Waals surface area contributed by atoms with E-state index < -0.39 is 11.7 Å². The van der Waals surface area contributed by atoms with Gasteiger partial charge < -0.3 is 44.4 Å². The molecular formula is C34H53IN3O8+. The van der Waals surface area contributed by atoms with E-state index in [1.54, 1.807) is 14.2 Å². The molecule has 1 aromatic carbocycles. The largest absolute Gasteiger partial charge is 0.496 e. The summed E-state index contributed by atoms with van der Waals surface area (Å²) < 4.78 is 35.2. The van der Waals surface area contributed by atoms with Gasteiger partial charge in [0.25, 0.3) is 21.2 Å². The highest BCUT2D eigenvalue weighted by Gasteiger charge is 3.00. The lowest BCUT2D eigenvalue weighted by Crippen LogP contribution is -3.51. The highest BCUT2D eigenvalue weighted by molar-refractivity contribution is 5.76. The predicted octanol–water partition coefficient (Wildman–Crippen LogP) is 0.511. The molecule has 1 spiro atoms. The minimum atomic E-state index is -0.518. The van der Waals surface area contributed by atoms with E-state index in [1.165, 1.54) is 12.8 Å². The van der Waals surface area contributed by atoms with Gasteiger partial charge in [0.1, 0.15) is 22.8 Å². The molecule has 1 aliphatic heterocycles. The summed E-state index contributed by atoms with van der Waals surface area (Å²) in [5.41, 5.74) is 0.377. The van der Waals surface area contributed by atoms with Gasteiger partial charge in [0.05, 0.1) is 58.9 Å². The number of carbonyl (C=O) groups is 2. The molecule has 1 heterocycles. The van der Waals surface area contributed by atoms with Gasteiger partial charge in [-0.3, -0.25) is 4.79 Å². The average Bonchev–Trinajstić information content (AvgIpc) is 3.96. The van der Waals surface area contributed by atoms with Gasteiger partial charge in [-0.2, -0.15) is 0 Å². The molecule has 4 fully saturated rings. The lowest BCUT2D eigenvalue weighted by atomic mass is 10.0. The van der Waals surface area contributed by atoms with Gasteiger partial charge in [0.15, 0.2) is 0 Å². The zero-order valence-electron chi connectivity index (χ0n) is 28.2. The normalized spacial score (nSPS) is 28.5. The Morgan fingerprint density at radius 1 is 0.978 bits per heavy atom. The summed E-state index contributed by atoms with van der Waals surface area (Å²) in [5.74, 6) is 6.09. The smallest absolute Gasteiger partial charge is 0.407 e. The van der Waals surface area contributed by atoms with Gasteiger partial charge in [-0.25, -0.2) is 4.79 Å². The van der Waals surface area contributed by atoms with Crippen LogP contribution < -0.4 is 51.4 Å². The summed E-state index contributed by atoms with van der Waals surface area (Å²) in [7, 11) is 3.26. The molecule has 3 N–H and O–H groups in total. The van der Waals surface area contributed by atoms with Gasteiger partial charge >= 0.3 is 6.09 Å². The van der Waals surface area contributed by atoms with E-state index in [9.17, 15) is 9.59 Å². The molecule has 0 radical (unpaired) electrons. The summed E-state index contributed by atoms with van der Waals surface area (Å²) in [6, 6.07) is 4.17. The number of benzene rings is 1. The van der Waals surface area contributed by atoms with Crippen molar-refractivity contribution >= 4 is 12.0 Å². The van der Waals surface area contributed by atoms with E-state index in [4.69, 9.17) is 28.4 Å². The number of carbonyl (C=O) groups excluding carboxylic acids is 2. The van der Waals surface area contributed by atoms with Crippen LogP contribution in [0.2, 0.25) is 0 Å². The Morgan fingerprint density at radius 3 is 2.24 bits per heavy atom. The van der Waals surface area contributed by atoms with Crippen molar-refractivity contribution in [1.82, 2.24) is 16.0 Å². The lowest BCUT2D eigenvalue weighted by molar-refractivity contribution is -0.534. The molecule has 3 saturated carbocycles. The second-order valence-electron chi connectivity index (χ2n) is 13.8. The minimum Gasteiger partial charge on any atom is -0.496 e. The van der Waals surface area contributed by atoms with Crippen molar-refractivity contribution < 1.29 is 59.2 Å². The van der Waals surface area contributed by atoms with Crippen molar-refractivity contribution in [2.75, 3.05) is 60.3 Å². The van der Waals surface area contributed by atoms with Crippen molar-refractivity contribution in [3.05, 3.63) is 17.7 Å². The fraction of sp³-hybridized carbons (Fsp3) is 0.765. The van der Waals surface area contributed by atoms with E-state index in [2.05, 4.69) is 22.9 Å². The number of hydrogen-bond acceptors (Lipinski definition) is 9. The number of methoxy groups -OCH3 is 2. The molecule has 3 aliphatic carbocycles. The van der Waals surface area contributed by atoms with Crippen molar-refractivity contribution in [1.29, 1.82) is 0 Å². The van der Waals surface area contributed by atoms with Crippen molar-refractivity contribution in [3.63, 3.8) is 0 Å². The topological polar surface area (TPSA) is 126 Å². The van der Waals surface area contributed by atoms with Crippen LogP contribution in [-0.2, 0) is 25.5 Å². The average molecular weight is 759 g/mol. The number of ether oxygens (including phenoxy) is 6. The first-order chi connectivity index (χ1) is 22.1. The van der Waals surface area contributed by atoms with Crippen LogP contribution in [0.1, 0.15) is 58.9 Å². The molecule has 4 unspecified atom stereocenters. The SMILES string of the molecule is COc1cc(OCCCC(=O)NC2C[C@@H]3C([C@H]4CC4C)C34[I+][C@@H]24)cc(OC)c1CNCCOCCOCCNC(=O)OC(C)(C)C. The quantitative estimate of drug-likeness (QED) is 0.0992. The molecule has 0 bridgehead atoms. The van der Waals surface area contributed by atoms with E-state index in [0.717, 1.165) is 36.6 Å². The van der Waals surface area contributed by atoms with Gasteiger partial charge in [0, 0.05) is 50.0 Å². The number of alkyl carbamates (subject to hydrolysis) is 1. The highest BCUT2D eigenvalue weighted by atomic mass is 127. The van der Waals surface area contributed by atoms with Crippen LogP contribution in [-0.4, -0.2) is 91.3 Å². The molecule has 7 atom stereocenters. The van der Waals surface area contributed by atoms with E-state index in [1.807, 2.05) is 32.9 Å². The number of nitrogens with one attached hydrogen (secondary N) is 3. The minimum absolute atomic E-state index is 0.165. The number of alkyl halides is 2. The molecule has 258 valence electrons. The van der Waals surface area contributed by atoms with Crippen LogP contribution in [0.3, 0.4) is 0 Å². The maximum Gasteiger partial charge on any atom is 0.407 e. The Balaban J connectivity index is 0.913. The van der Waals surface area contributed by atoms with E-state index in [0.29, 0.717) is 110 Å². The molecule has 12 heteroatoms. The van der Waals surface area contributed by atoms with Crippen LogP contribution >= 0.6 is 0 Å². The third kappa shape index (κ3) is 8.90. The standard InChI is InChI=1S/C34H52IN3O8/c1-21-16-23(21)30-25-19-26(31-34(25,30)35-31)38-29(39)8-7-11-45-22-17-27(41-5)24(28(18-22)42-6)20-36-9-12-43-14-15-44-13-10-37-32(40)46-33(2,3)4/h17-18,21,23,25-26,30-31,36H,7-16,19-20H2,1-6H3,(H-,37,38,39,40)/p+1/t21?,23-,25+,26?,30?,31-,34?/m0/s1. The lowest BCUT2D eigenvalue weighted by Gasteiger charge is -2.19. The fourth-order valence-corrected chi connectivity index (χ4v) is 12.5.